The van der Waals surface area contributed by atoms with Crippen LogP contribution in [0.4, 0.5) is 0 Å². The molecule has 7 atom stereocenters. The summed E-state index contributed by atoms with van der Waals surface area (Å²) in [4.78, 5) is 39.3. The van der Waals surface area contributed by atoms with E-state index in [1.165, 1.54) is 31.2 Å². The minimum atomic E-state index is -2.14. The van der Waals surface area contributed by atoms with E-state index in [9.17, 15) is 45.0 Å². The van der Waals surface area contributed by atoms with E-state index < -0.39 is 88.5 Å². The van der Waals surface area contributed by atoms with Gasteiger partial charge in [0.05, 0.1) is 33.4 Å². The van der Waals surface area contributed by atoms with Gasteiger partial charge in [-0.2, -0.15) is 0 Å². The second-order valence-corrected chi connectivity index (χ2v) is 11.3. The zero-order valence-corrected chi connectivity index (χ0v) is 22.2. The quantitative estimate of drug-likeness (QED) is 0.171. The standard InChI is InChI=1S/C26H25IO11/c1-9-20(31)24(35)19(27)25(37-9)38-14-7-26(36,15(30)8-28)6-10-5-12-18(23(34)16(10)14)21(32)11-3-2-4-13(29)17(11)22(12)33/h2-5,9,14,19-20,24-25,28-29,31,34-36H,6-8H2,1H3/t9-,14-,19+,20-,24-,25-,26-/m0/s1. The number of benzene rings is 2. The molecule has 5 rings (SSSR count). The Kier molecular flexibility index (Phi) is 6.87. The molecular weight excluding hydrogens is 615 g/mol. The Morgan fingerprint density at radius 3 is 2.50 bits per heavy atom. The number of carbonyl (C=O) groups is 3. The third-order valence-electron chi connectivity index (χ3n) is 7.47. The Hall–Kier alpha value is -2.46. The molecule has 6 N–H and O–H groups in total. The molecule has 38 heavy (non-hydrogen) atoms. The van der Waals surface area contributed by atoms with E-state index in [2.05, 4.69) is 0 Å². The molecule has 1 fully saturated rings. The number of phenols is 2. The van der Waals surface area contributed by atoms with Crippen LogP contribution >= 0.6 is 22.6 Å². The van der Waals surface area contributed by atoms with Crippen molar-refractivity contribution in [2.45, 2.75) is 60.0 Å². The molecule has 0 spiro atoms. The van der Waals surface area contributed by atoms with Crippen molar-refractivity contribution in [1.29, 1.82) is 0 Å². The lowest BCUT2D eigenvalue weighted by atomic mass is 9.72. The molecule has 0 aromatic heterocycles. The summed E-state index contributed by atoms with van der Waals surface area (Å²) >= 11 is 1.83. The van der Waals surface area contributed by atoms with Crippen molar-refractivity contribution >= 4 is 39.9 Å². The number of halogens is 1. The molecule has 1 aliphatic heterocycles. The van der Waals surface area contributed by atoms with Crippen molar-refractivity contribution in [2.24, 2.45) is 0 Å². The first-order valence-corrected chi connectivity index (χ1v) is 13.1. The van der Waals surface area contributed by atoms with Crippen LogP contribution in [-0.4, -0.2) is 88.7 Å². The molecule has 0 bridgehead atoms. The Labute approximate surface area is 229 Å². The third kappa shape index (κ3) is 4.06. The number of alkyl halides is 1. The Balaban J connectivity index is 1.65. The van der Waals surface area contributed by atoms with Crippen molar-refractivity contribution in [3.05, 3.63) is 57.6 Å². The molecule has 2 aliphatic carbocycles. The van der Waals surface area contributed by atoms with Crippen molar-refractivity contribution in [3.8, 4) is 11.5 Å². The minimum absolute atomic E-state index is 0.0457. The molecule has 202 valence electrons. The summed E-state index contributed by atoms with van der Waals surface area (Å²) in [7, 11) is 0. The average molecular weight is 640 g/mol. The van der Waals surface area contributed by atoms with Crippen LogP contribution in [0, 0.1) is 0 Å². The van der Waals surface area contributed by atoms with Crippen LogP contribution < -0.4 is 0 Å². The molecule has 0 saturated carbocycles. The second kappa shape index (κ2) is 9.62. The second-order valence-electron chi connectivity index (χ2n) is 9.83. The number of phenolic OH excluding ortho intramolecular Hbond substituents is 2. The number of ketones is 3. The number of aliphatic hydroxyl groups excluding tert-OH is 3. The number of carbonyl (C=O) groups excluding carboxylic acids is 3. The molecule has 0 radical (unpaired) electrons. The molecule has 11 nitrogen and oxygen atoms in total. The van der Waals surface area contributed by atoms with Crippen LogP contribution in [0.25, 0.3) is 0 Å². The topological polar surface area (TPSA) is 191 Å². The van der Waals surface area contributed by atoms with E-state index in [0.29, 0.717) is 0 Å². The maximum Gasteiger partial charge on any atom is 0.198 e. The van der Waals surface area contributed by atoms with Gasteiger partial charge < -0.3 is 40.1 Å². The molecule has 2 aromatic rings. The van der Waals surface area contributed by atoms with Gasteiger partial charge >= 0.3 is 0 Å². The van der Waals surface area contributed by atoms with Gasteiger partial charge in [0.1, 0.15) is 29.8 Å². The first kappa shape index (κ1) is 27.1. The van der Waals surface area contributed by atoms with Gasteiger partial charge in [-0.3, -0.25) is 14.4 Å². The summed E-state index contributed by atoms with van der Waals surface area (Å²) < 4.78 is 11.0. The van der Waals surface area contributed by atoms with Crippen LogP contribution in [0.3, 0.4) is 0 Å². The van der Waals surface area contributed by atoms with Crippen LogP contribution in [0.15, 0.2) is 24.3 Å². The van der Waals surface area contributed by atoms with E-state index in [4.69, 9.17) is 9.47 Å². The highest BCUT2D eigenvalue weighted by Gasteiger charge is 2.49. The summed E-state index contributed by atoms with van der Waals surface area (Å²) in [5.74, 6) is -3.33. The highest BCUT2D eigenvalue weighted by Crippen LogP contribution is 2.49. The van der Waals surface area contributed by atoms with E-state index >= 15 is 0 Å². The Bertz CT molecular complexity index is 1360. The predicted octanol–water partition coefficient (Wildman–Crippen LogP) is 0.440. The maximum absolute atomic E-state index is 13.4. The molecule has 0 amide bonds. The van der Waals surface area contributed by atoms with E-state index in [1.807, 2.05) is 22.6 Å². The lowest BCUT2D eigenvalue weighted by Gasteiger charge is -2.43. The van der Waals surface area contributed by atoms with Crippen LogP contribution in [0.2, 0.25) is 0 Å². The van der Waals surface area contributed by atoms with Gasteiger partial charge in [0.15, 0.2) is 23.6 Å². The number of Topliss-reactive ketones (excluding diaryl/α,β-unsaturated/α-hetero) is 1. The summed E-state index contributed by atoms with van der Waals surface area (Å²) in [6, 6.07) is 5.28. The van der Waals surface area contributed by atoms with Gasteiger partial charge in [0.25, 0.3) is 0 Å². The fraction of sp³-hybridized carbons (Fsp3) is 0.423. The summed E-state index contributed by atoms with van der Waals surface area (Å²) in [6.45, 7) is 0.545. The molecular formula is C26H25IO11. The number of hydrogen-bond acceptors (Lipinski definition) is 11. The molecule has 0 unspecified atom stereocenters. The normalized spacial score (nSPS) is 32.4. The van der Waals surface area contributed by atoms with E-state index in [1.54, 1.807) is 0 Å². The molecule has 12 heteroatoms. The predicted molar refractivity (Wildman–Crippen MR) is 136 cm³/mol. The number of fused-ring (bicyclic) bond motifs is 3. The van der Waals surface area contributed by atoms with Gasteiger partial charge in [-0.05, 0) is 24.6 Å². The monoisotopic (exact) mass is 640 g/mol. The van der Waals surface area contributed by atoms with E-state index in [-0.39, 0.29) is 33.4 Å². The van der Waals surface area contributed by atoms with Crippen molar-refractivity contribution < 1.29 is 54.5 Å². The number of hydrogen-bond donors (Lipinski definition) is 6. The van der Waals surface area contributed by atoms with E-state index in [0.717, 1.165) is 0 Å². The SMILES string of the molecule is C[C@@H]1O[C@@H](O[C@H]2C[C@](O)(C(=O)CO)Cc3cc4c(c(O)c32)C(=O)c2cccc(O)c2C4=O)[C@H](I)[C@H](O)[C@H]1O. The first-order chi connectivity index (χ1) is 17.9. The van der Waals surface area contributed by atoms with Crippen LogP contribution in [0.5, 0.6) is 11.5 Å². The van der Waals surface area contributed by atoms with Crippen LogP contribution in [-0.2, 0) is 20.7 Å². The lowest BCUT2D eigenvalue weighted by Crippen LogP contribution is -2.55. The zero-order valence-electron chi connectivity index (χ0n) is 20.0. The average Bonchev–Trinajstić information content (AvgIpc) is 2.88. The third-order valence-corrected chi connectivity index (χ3v) is 8.79. The van der Waals surface area contributed by atoms with Crippen molar-refractivity contribution in [1.82, 2.24) is 0 Å². The largest absolute Gasteiger partial charge is 0.507 e. The van der Waals surface area contributed by atoms with Gasteiger partial charge in [-0.1, -0.05) is 34.7 Å². The lowest BCUT2D eigenvalue weighted by molar-refractivity contribution is -0.259. The molecule has 1 heterocycles. The highest BCUT2D eigenvalue weighted by atomic mass is 127. The minimum Gasteiger partial charge on any atom is -0.507 e. The zero-order chi connectivity index (χ0) is 27.7. The fourth-order valence-corrected chi connectivity index (χ4v) is 6.19. The maximum atomic E-state index is 13.4. The Morgan fingerprint density at radius 1 is 1.13 bits per heavy atom. The first-order valence-electron chi connectivity index (χ1n) is 11.9. The molecule has 1 saturated heterocycles. The summed E-state index contributed by atoms with van der Waals surface area (Å²) in [5.41, 5.74) is -2.81. The van der Waals surface area contributed by atoms with Gasteiger partial charge in [0, 0.05) is 29.5 Å². The van der Waals surface area contributed by atoms with Gasteiger partial charge in [0.2, 0.25) is 0 Å². The fourth-order valence-electron chi connectivity index (χ4n) is 5.43. The molecule has 3 aliphatic rings. The Morgan fingerprint density at radius 2 is 1.82 bits per heavy atom. The van der Waals surface area contributed by atoms with Crippen LogP contribution in [0.1, 0.15) is 62.4 Å². The number of aliphatic hydroxyl groups is 4. The number of aromatic hydroxyl groups is 2. The van der Waals surface area contributed by atoms with Crippen molar-refractivity contribution in [2.75, 3.05) is 6.61 Å². The van der Waals surface area contributed by atoms with Gasteiger partial charge in [-0.25, -0.2) is 0 Å². The number of rotatable bonds is 4. The smallest absolute Gasteiger partial charge is 0.198 e. The molecule has 2 aromatic carbocycles. The van der Waals surface area contributed by atoms with Gasteiger partial charge in [-0.15, -0.1) is 0 Å². The highest BCUT2D eigenvalue weighted by molar-refractivity contribution is 14.1. The summed E-state index contributed by atoms with van der Waals surface area (Å²) in [6.07, 6.45) is -6.50. The summed E-state index contributed by atoms with van der Waals surface area (Å²) in [5, 5.41) is 62.9. The van der Waals surface area contributed by atoms with Crippen molar-refractivity contribution in [3.63, 3.8) is 0 Å². The number of ether oxygens (including phenoxy) is 2.